The Bertz CT molecular complexity index is 1830. The minimum Gasteiger partial charge on any atom is -0.386 e. The summed E-state index contributed by atoms with van der Waals surface area (Å²) in [7, 11) is -10.1. The van der Waals surface area contributed by atoms with Crippen LogP contribution in [-0.2, 0) is 36.7 Å². The molecule has 21 heteroatoms. The molecule has 3 aliphatic heterocycles. The van der Waals surface area contributed by atoms with E-state index in [1.54, 1.807) is 24.3 Å². The monoisotopic (exact) mass is 644 g/mol. The number of para-hydroxylation sites is 2. The van der Waals surface area contributed by atoms with E-state index >= 15 is 4.39 Å². The Morgan fingerprint density at radius 2 is 1.56 bits per heavy atom. The molecule has 0 aliphatic carbocycles. The van der Waals surface area contributed by atoms with Crippen LogP contribution < -0.4 is 5.56 Å². The van der Waals surface area contributed by atoms with Crippen molar-refractivity contribution in [1.82, 2.24) is 29.1 Å². The molecule has 6 heterocycles. The Balaban J connectivity index is 1.17. The molecule has 3 aromatic heterocycles. The number of benzene rings is 1. The van der Waals surface area contributed by atoms with Crippen LogP contribution >= 0.6 is 15.6 Å². The lowest BCUT2D eigenvalue weighted by molar-refractivity contribution is -0.0662. The second-order valence-corrected chi connectivity index (χ2v) is 12.7. The van der Waals surface area contributed by atoms with E-state index in [1.165, 1.54) is 10.9 Å². The number of imidazole rings is 2. The van der Waals surface area contributed by atoms with E-state index in [0.29, 0.717) is 11.0 Å². The lowest BCUT2D eigenvalue weighted by Gasteiger charge is -2.27. The summed E-state index contributed by atoms with van der Waals surface area (Å²) in [5, 5.41) is 11.1. The third kappa shape index (κ3) is 5.15. The van der Waals surface area contributed by atoms with Crippen molar-refractivity contribution in [2.75, 3.05) is 13.2 Å². The van der Waals surface area contributed by atoms with Gasteiger partial charge in [-0.3, -0.25) is 27.5 Å². The number of rotatable bonds is 2. The zero-order chi connectivity index (χ0) is 30.1. The van der Waals surface area contributed by atoms with Crippen LogP contribution in [0.1, 0.15) is 12.5 Å². The number of nitrogens with one attached hydrogen (secondary N) is 1. The summed E-state index contributed by atoms with van der Waals surface area (Å²) in [5.41, 5.74) is 0.339. The van der Waals surface area contributed by atoms with Gasteiger partial charge in [-0.2, -0.15) is 0 Å². The SMILES string of the molecule is O=c1[nH]cnc2c1ncn2C1OC2COP(=O)(O)OC3C(COP(=O)(O)OC2C1F)OC(n1cnc2ccccc21)C3O. The van der Waals surface area contributed by atoms with Gasteiger partial charge in [0, 0.05) is 0 Å². The van der Waals surface area contributed by atoms with Gasteiger partial charge in [-0.15, -0.1) is 0 Å². The first kappa shape index (κ1) is 28.8. The van der Waals surface area contributed by atoms with E-state index in [1.807, 2.05) is 0 Å². The van der Waals surface area contributed by atoms with Gasteiger partial charge in [-0.05, 0) is 12.1 Å². The highest BCUT2D eigenvalue weighted by atomic mass is 31.2. The number of aromatic nitrogens is 6. The van der Waals surface area contributed by atoms with Crippen LogP contribution in [0.4, 0.5) is 4.39 Å². The molecule has 3 fully saturated rings. The van der Waals surface area contributed by atoms with Crippen LogP contribution in [-0.4, -0.2) is 93.9 Å². The van der Waals surface area contributed by atoms with Gasteiger partial charge >= 0.3 is 15.6 Å². The largest absolute Gasteiger partial charge is 0.472 e. The maximum Gasteiger partial charge on any atom is 0.472 e. The van der Waals surface area contributed by atoms with Gasteiger partial charge < -0.3 is 33.9 Å². The number of aliphatic hydroxyl groups is 1. The molecule has 1 aromatic carbocycles. The summed E-state index contributed by atoms with van der Waals surface area (Å²) in [6.07, 6.45) is -9.49. The van der Waals surface area contributed by atoms with Crippen molar-refractivity contribution in [3.05, 3.63) is 53.6 Å². The topological polar surface area (TPSA) is 232 Å². The summed E-state index contributed by atoms with van der Waals surface area (Å²) < 4.78 is 76.4. The van der Waals surface area contributed by atoms with Crippen LogP contribution in [0, 0.1) is 0 Å². The molecule has 0 amide bonds. The Kier molecular flexibility index (Phi) is 7.11. The number of phosphoric acid groups is 2. The van der Waals surface area contributed by atoms with Crippen molar-refractivity contribution < 1.29 is 56.0 Å². The van der Waals surface area contributed by atoms with E-state index in [2.05, 4.69) is 19.9 Å². The summed E-state index contributed by atoms with van der Waals surface area (Å²) >= 11 is 0. The molecular formula is C22H23FN6O12P2. The molecule has 7 rings (SSSR count). The third-order valence-corrected chi connectivity index (χ3v) is 9.26. The van der Waals surface area contributed by atoms with Crippen molar-refractivity contribution in [2.24, 2.45) is 0 Å². The summed E-state index contributed by atoms with van der Waals surface area (Å²) in [5.74, 6) is 0. The molecule has 18 nitrogen and oxygen atoms in total. The number of H-pyrrole nitrogens is 1. The van der Waals surface area contributed by atoms with Gasteiger partial charge in [0.25, 0.3) is 5.56 Å². The molecule has 3 aliphatic rings. The van der Waals surface area contributed by atoms with Gasteiger partial charge in [0.05, 0.1) is 43.2 Å². The number of nitrogens with zero attached hydrogens (tertiary/aromatic N) is 5. The molecule has 0 saturated carbocycles. The Labute approximate surface area is 239 Å². The normalized spacial score (nSPS) is 38.9. The average molecular weight is 644 g/mol. The highest BCUT2D eigenvalue weighted by molar-refractivity contribution is 7.47. The van der Waals surface area contributed by atoms with Crippen molar-refractivity contribution in [1.29, 1.82) is 0 Å². The minimum atomic E-state index is -5.06. The van der Waals surface area contributed by atoms with Gasteiger partial charge in [-0.1, -0.05) is 12.1 Å². The number of aliphatic hydroxyl groups excluding tert-OH is 1. The Hall–Kier alpha value is -2.93. The predicted octanol–water partition coefficient (Wildman–Crippen LogP) is 0.681. The first-order valence-corrected chi connectivity index (χ1v) is 15.8. The van der Waals surface area contributed by atoms with Gasteiger partial charge in [-0.25, -0.2) is 28.5 Å². The molecule has 0 spiro atoms. The van der Waals surface area contributed by atoms with Gasteiger partial charge in [0.2, 0.25) is 0 Å². The van der Waals surface area contributed by atoms with Crippen LogP contribution in [0.25, 0.3) is 22.2 Å². The number of ether oxygens (including phenoxy) is 2. The molecule has 3 saturated heterocycles. The number of hydrogen-bond donors (Lipinski definition) is 4. The van der Waals surface area contributed by atoms with Crippen LogP contribution in [0.5, 0.6) is 0 Å². The molecular weight excluding hydrogens is 621 g/mol. The Morgan fingerprint density at radius 1 is 0.907 bits per heavy atom. The third-order valence-electron chi connectivity index (χ3n) is 7.28. The fraction of sp³-hybridized carbons (Fsp3) is 0.455. The molecule has 230 valence electrons. The molecule has 4 N–H and O–H groups in total. The van der Waals surface area contributed by atoms with Crippen LogP contribution in [0.3, 0.4) is 0 Å². The van der Waals surface area contributed by atoms with Crippen molar-refractivity contribution in [2.45, 2.75) is 49.1 Å². The van der Waals surface area contributed by atoms with Crippen molar-refractivity contribution >= 4 is 37.8 Å². The first-order chi connectivity index (χ1) is 20.5. The number of hydrogen-bond acceptors (Lipinski definition) is 13. The van der Waals surface area contributed by atoms with Crippen LogP contribution in [0.2, 0.25) is 0 Å². The second-order valence-electron chi connectivity index (χ2n) is 9.93. The maximum absolute atomic E-state index is 15.8. The summed E-state index contributed by atoms with van der Waals surface area (Å²) in [6.45, 7) is -1.64. The highest BCUT2D eigenvalue weighted by Gasteiger charge is 2.54. The smallest absolute Gasteiger partial charge is 0.386 e. The molecule has 43 heavy (non-hydrogen) atoms. The summed E-state index contributed by atoms with van der Waals surface area (Å²) in [4.78, 5) is 47.5. The fourth-order valence-corrected chi connectivity index (χ4v) is 7.25. The number of halogens is 1. The first-order valence-electron chi connectivity index (χ1n) is 12.8. The molecule has 0 bridgehead atoms. The van der Waals surface area contributed by atoms with E-state index < -0.39 is 83.6 Å². The Morgan fingerprint density at radius 3 is 2.33 bits per heavy atom. The predicted molar refractivity (Wildman–Crippen MR) is 138 cm³/mol. The fourth-order valence-electron chi connectivity index (χ4n) is 5.33. The van der Waals surface area contributed by atoms with Gasteiger partial charge in [0.15, 0.2) is 29.8 Å². The standard InChI is InChI=1S/C22H23FN6O12P2/c23-14-17-12(38-21(14)29-9-27-15-19(29)24-7-25-20(15)31)5-36-43(34,35)41-18-13(6-37-42(32,33)40-17)39-22(16(18)30)28-8-26-10-3-1-2-4-11(10)28/h1-4,7-9,12-14,16-18,21-22,30H,5-6H2,(H,32,33)(H,34,35)(H,24,25,31). The number of aromatic amines is 1. The zero-order valence-corrected chi connectivity index (χ0v) is 23.4. The minimum absolute atomic E-state index is 0.0617. The average Bonchev–Trinajstić information content (AvgIpc) is 3.72. The lowest BCUT2D eigenvalue weighted by Crippen LogP contribution is -2.38. The lowest BCUT2D eigenvalue weighted by atomic mass is 10.1. The molecule has 4 aromatic rings. The van der Waals surface area contributed by atoms with E-state index in [-0.39, 0.29) is 11.2 Å². The summed E-state index contributed by atoms with van der Waals surface area (Å²) in [6, 6.07) is 6.91. The number of alkyl halides is 1. The quantitative estimate of drug-likeness (QED) is 0.220. The van der Waals surface area contributed by atoms with E-state index in [4.69, 9.17) is 27.6 Å². The number of fused-ring (bicyclic) bond motifs is 4. The zero-order valence-electron chi connectivity index (χ0n) is 21.6. The van der Waals surface area contributed by atoms with Crippen molar-refractivity contribution in [3.63, 3.8) is 0 Å². The van der Waals surface area contributed by atoms with Crippen molar-refractivity contribution in [3.8, 4) is 0 Å². The van der Waals surface area contributed by atoms with E-state index in [9.17, 15) is 28.8 Å². The number of phosphoric ester groups is 2. The van der Waals surface area contributed by atoms with Gasteiger partial charge in [0.1, 0.15) is 30.5 Å². The molecule has 10 atom stereocenters. The molecule has 10 unspecified atom stereocenters. The second kappa shape index (κ2) is 10.6. The molecule has 0 radical (unpaired) electrons. The van der Waals surface area contributed by atoms with E-state index in [0.717, 1.165) is 17.2 Å². The van der Waals surface area contributed by atoms with Crippen LogP contribution in [0.15, 0.2) is 48.0 Å². The highest BCUT2D eigenvalue weighted by Crippen LogP contribution is 2.54. The maximum atomic E-state index is 15.8.